The number of fused-ring (bicyclic) bond motifs is 1. The zero-order valence-corrected chi connectivity index (χ0v) is 17.2. The Labute approximate surface area is 169 Å². The summed E-state index contributed by atoms with van der Waals surface area (Å²) in [4.78, 5) is 24.8. The Morgan fingerprint density at radius 2 is 1.97 bits per heavy atom. The van der Waals surface area contributed by atoms with Crippen LogP contribution in [-0.2, 0) is 0 Å². The molecule has 2 aromatic rings. The summed E-state index contributed by atoms with van der Waals surface area (Å²) in [6, 6.07) is 9.72. The molecule has 0 unspecified atom stereocenters. The maximum absolute atomic E-state index is 12.2. The third kappa shape index (κ3) is 4.03. The van der Waals surface area contributed by atoms with Crippen molar-refractivity contribution < 1.29 is 9.72 Å². The van der Waals surface area contributed by atoms with Crippen LogP contribution in [0.15, 0.2) is 47.6 Å². The van der Waals surface area contributed by atoms with Crippen LogP contribution in [0.1, 0.15) is 47.8 Å². The zero-order valence-electron chi connectivity index (χ0n) is 17.2. The number of allylic oxidation sites excluding steroid dienone is 1. The van der Waals surface area contributed by atoms with Crippen molar-refractivity contribution in [2.75, 3.05) is 11.9 Å². The highest BCUT2D eigenvalue weighted by Gasteiger charge is 2.28. The van der Waals surface area contributed by atoms with E-state index in [0.717, 1.165) is 22.4 Å². The summed E-state index contributed by atoms with van der Waals surface area (Å²) in [6.07, 6.45) is 3.83. The fraction of sp³-hybridized carbons (Fsp3) is 0.273. The number of hydrogen-bond acceptors (Lipinski definition) is 5. The molecule has 1 aliphatic heterocycles. The summed E-state index contributed by atoms with van der Waals surface area (Å²) >= 11 is 0. The van der Waals surface area contributed by atoms with Crippen LogP contribution in [0.2, 0.25) is 0 Å². The van der Waals surface area contributed by atoms with Gasteiger partial charge in [-0.25, -0.2) is 5.43 Å². The number of nitro benzene ring substituents is 1. The number of rotatable bonds is 4. The van der Waals surface area contributed by atoms with Crippen LogP contribution >= 0.6 is 0 Å². The first-order valence-electron chi connectivity index (χ1n) is 9.26. The van der Waals surface area contributed by atoms with E-state index in [2.05, 4.69) is 61.5 Å². The predicted octanol–water partition coefficient (Wildman–Crippen LogP) is 4.30. The SMILES string of the molecule is CC1=CC(C)(C)N(C)c2cc(C)c(/C=N\NC(=O)c3cccc([N+](=O)[O-])c3)cc21. The summed E-state index contributed by atoms with van der Waals surface area (Å²) in [5.41, 5.74) is 7.83. The molecule has 0 fully saturated rings. The summed E-state index contributed by atoms with van der Waals surface area (Å²) in [5, 5.41) is 14.9. The van der Waals surface area contributed by atoms with Crippen molar-refractivity contribution in [3.63, 3.8) is 0 Å². The van der Waals surface area contributed by atoms with E-state index in [1.165, 1.54) is 29.8 Å². The third-order valence-corrected chi connectivity index (χ3v) is 5.29. The van der Waals surface area contributed by atoms with Crippen molar-refractivity contribution in [1.82, 2.24) is 5.43 Å². The largest absolute Gasteiger partial charge is 0.365 e. The number of nitrogens with one attached hydrogen (secondary N) is 1. The lowest BCUT2D eigenvalue weighted by Gasteiger charge is -2.41. The molecule has 2 aromatic carbocycles. The van der Waals surface area contributed by atoms with Gasteiger partial charge < -0.3 is 4.90 Å². The van der Waals surface area contributed by atoms with Crippen LogP contribution in [-0.4, -0.2) is 29.6 Å². The molecule has 1 amide bonds. The molecule has 7 nitrogen and oxygen atoms in total. The fourth-order valence-corrected chi connectivity index (χ4v) is 3.44. The molecule has 0 aliphatic carbocycles. The molecule has 7 heteroatoms. The van der Waals surface area contributed by atoms with Crippen molar-refractivity contribution >= 4 is 29.1 Å². The molecule has 3 rings (SSSR count). The zero-order chi connectivity index (χ0) is 21.3. The number of likely N-dealkylation sites (N-methyl/N-ethyl adjacent to an activating group) is 1. The maximum Gasteiger partial charge on any atom is 0.271 e. The molecule has 0 atom stereocenters. The lowest BCUT2D eigenvalue weighted by atomic mass is 9.87. The number of anilines is 1. The molecule has 1 heterocycles. The van der Waals surface area contributed by atoms with Crippen molar-refractivity contribution in [2.24, 2.45) is 5.10 Å². The van der Waals surface area contributed by atoms with E-state index in [9.17, 15) is 14.9 Å². The molecular weight excluding hydrogens is 368 g/mol. The molecule has 0 bridgehead atoms. The van der Waals surface area contributed by atoms with Crippen LogP contribution < -0.4 is 10.3 Å². The lowest BCUT2D eigenvalue weighted by Crippen LogP contribution is -2.42. The van der Waals surface area contributed by atoms with Crippen LogP contribution in [0.4, 0.5) is 11.4 Å². The summed E-state index contributed by atoms with van der Waals surface area (Å²) in [7, 11) is 2.08. The van der Waals surface area contributed by atoms with Gasteiger partial charge in [-0.3, -0.25) is 14.9 Å². The van der Waals surface area contributed by atoms with Gasteiger partial charge in [0.2, 0.25) is 0 Å². The normalized spacial score (nSPS) is 15.1. The highest BCUT2D eigenvalue weighted by Crippen LogP contribution is 2.38. The van der Waals surface area contributed by atoms with Gasteiger partial charge in [-0.2, -0.15) is 5.10 Å². The number of nitro groups is 1. The molecule has 150 valence electrons. The number of aryl methyl sites for hydroxylation is 1. The number of carbonyl (C=O) groups is 1. The number of non-ortho nitro benzene ring substituents is 1. The molecule has 0 saturated carbocycles. The minimum Gasteiger partial charge on any atom is -0.365 e. The Hall–Kier alpha value is -3.48. The van der Waals surface area contributed by atoms with Crippen LogP contribution in [0, 0.1) is 17.0 Å². The number of carbonyl (C=O) groups excluding carboxylic acids is 1. The molecule has 1 N–H and O–H groups in total. The van der Waals surface area contributed by atoms with E-state index >= 15 is 0 Å². The Morgan fingerprint density at radius 3 is 2.66 bits per heavy atom. The molecule has 0 saturated heterocycles. The van der Waals surface area contributed by atoms with Crippen molar-refractivity contribution in [3.8, 4) is 0 Å². The fourth-order valence-electron chi connectivity index (χ4n) is 3.44. The highest BCUT2D eigenvalue weighted by atomic mass is 16.6. The third-order valence-electron chi connectivity index (χ3n) is 5.29. The average molecular weight is 392 g/mol. The van der Waals surface area contributed by atoms with E-state index < -0.39 is 10.8 Å². The highest BCUT2D eigenvalue weighted by molar-refractivity contribution is 5.96. The average Bonchev–Trinajstić information content (AvgIpc) is 2.66. The molecule has 1 aliphatic rings. The number of nitrogens with zero attached hydrogens (tertiary/aromatic N) is 3. The van der Waals surface area contributed by atoms with E-state index in [1.54, 1.807) is 6.21 Å². The smallest absolute Gasteiger partial charge is 0.271 e. The van der Waals surface area contributed by atoms with E-state index in [0.29, 0.717) is 0 Å². The topological polar surface area (TPSA) is 87.8 Å². The van der Waals surface area contributed by atoms with Crippen LogP contribution in [0.3, 0.4) is 0 Å². The van der Waals surface area contributed by atoms with Gasteiger partial charge in [0.1, 0.15) is 0 Å². The second-order valence-electron chi connectivity index (χ2n) is 7.77. The molecular formula is C22H24N4O3. The number of amides is 1. The van der Waals surface area contributed by atoms with E-state index in [1.807, 2.05) is 6.92 Å². The Kier molecular flexibility index (Phi) is 5.24. The van der Waals surface area contributed by atoms with Gasteiger partial charge in [0, 0.05) is 36.0 Å². The van der Waals surface area contributed by atoms with Gasteiger partial charge in [0.05, 0.1) is 16.7 Å². The molecule has 0 aromatic heterocycles. The van der Waals surface area contributed by atoms with Crippen molar-refractivity contribution in [1.29, 1.82) is 0 Å². The number of benzene rings is 2. The second kappa shape index (κ2) is 7.50. The Balaban J connectivity index is 1.82. The minimum absolute atomic E-state index is 0.0641. The Bertz CT molecular complexity index is 1050. The predicted molar refractivity (Wildman–Crippen MR) is 115 cm³/mol. The lowest BCUT2D eigenvalue weighted by molar-refractivity contribution is -0.384. The number of hydrazone groups is 1. The summed E-state index contributed by atoms with van der Waals surface area (Å²) in [5.74, 6) is -0.502. The standard InChI is InChI=1S/C22H24N4O3/c1-14-9-20-19(15(2)12-22(3,4)25(20)5)11-17(14)13-23-24-21(27)16-7-6-8-18(10-16)26(28)29/h6-13H,1-5H3,(H,24,27)/b23-13-. The first-order valence-corrected chi connectivity index (χ1v) is 9.26. The first kappa shape index (κ1) is 20.3. The molecule has 0 radical (unpaired) electrons. The van der Waals surface area contributed by atoms with E-state index in [-0.39, 0.29) is 16.8 Å². The molecule has 29 heavy (non-hydrogen) atoms. The quantitative estimate of drug-likeness (QED) is 0.477. The van der Waals surface area contributed by atoms with Gasteiger partial charge in [-0.15, -0.1) is 0 Å². The van der Waals surface area contributed by atoms with Crippen molar-refractivity contribution in [3.05, 3.63) is 74.8 Å². The van der Waals surface area contributed by atoms with Gasteiger partial charge in [-0.05, 0) is 62.6 Å². The van der Waals surface area contributed by atoms with E-state index in [4.69, 9.17) is 0 Å². The van der Waals surface area contributed by atoms with Gasteiger partial charge >= 0.3 is 0 Å². The van der Waals surface area contributed by atoms with Gasteiger partial charge in [0.25, 0.3) is 11.6 Å². The number of hydrogen-bond donors (Lipinski definition) is 1. The Morgan fingerprint density at radius 1 is 1.24 bits per heavy atom. The summed E-state index contributed by atoms with van der Waals surface area (Å²) in [6.45, 7) is 8.44. The van der Waals surface area contributed by atoms with Crippen LogP contribution in [0.25, 0.3) is 5.57 Å². The monoisotopic (exact) mass is 392 g/mol. The maximum atomic E-state index is 12.2. The van der Waals surface area contributed by atoms with Gasteiger partial charge in [-0.1, -0.05) is 12.1 Å². The summed E-state index contributed by atoms with van der Waals surface area (Å²) < 4.78 is 0. The minimum atomic E-state index is -0.537. The molecule has 0 spiro atoms. The first-order chi connectivity index (χ1) is 13.6. The second-order valence-corrected chi connectivity index (χ2v) is 7.77. The van der Waals surface area contributed by atoms with Crippen molar-refractivity contribution in [2.45, 2.75) is 33.2 Å². The van der Waals surface area contributed by atoms with Gasteiger partial charge in [0.15, 0.2) is 0 Å². The van der Waals surface area contributed by atoms with Crippen LogP contribution in [0.5, 0.6) is 0 Å².